The molecule has 0 spiro atoms. The van der Waals surface area contributed by atoms with E-state index in [9.17, 15) is 19.5 Å². The number of phenols is 1. The number of hydrogen-bond donors (Lipinski definition) is 2. The average molecular weight is 548 g/mol. The number of amides is 1. The number of ether oxygens (including phenoxy) is 3. The van der Waals surface area contributed by atoms with Gasteiger partial charge in [0.1, 0.15) is 17.2 Å². The Morgan fingerprint density at radius 1 is 0.829 bits per heavy atom. The Balaban J connectivity index is 1.45. The zero-order chi connectivity index (χ0) is 28.7. The molecule has 0 saturated heterocycles. The summed E-state index contributed by atoms with van der Waals surface area (Å²) in [6.07, 6.45) is 0. The van der Waals surface area contributed by atoms with Crippen LogP contribution in [-0.2, 0) is 4.74 Å². The van der Waals surface area contributed by atoms with E-state index < -0.39 is 17.8 Å². The lowest BCUT2D eigenvalue weighted by atomic mass is 9.96. The van der Waals surface area contributed by atoms with Gasteiger partial charge in [-0.2, -0.15) is 0 Å². The van der Waals surface area contributed by atoms with Crippen molar-refractivity contribution in [2.24, 2.45) is 10.2 Å². The van der Waals surface area contributed by atoms with Crippen molar-refractivity contribution in [3.8, 4) is 17.2 Å². The number of carbonyl (C=O) groups excluding carboxylic acids is 3. The van der Waals surface area contributed by atoms with Crippen molar-refractivity contribution < 1.29 is 33.7 Å². The number of phenolic OH excluding ortho intramolecular Hbond substituents is 1. The molecule has 0 radical (unpaired) electrons. The van der Waals surface area contributed by atoms with Gasteiger partial charge in [0.15, 0.2) is 5.75 Å². The van der Waals surface area contributed by atoms with Crippen LogP contribution < -0.4 is 14.8 Å². The second-order valence-electron chi connectivity index (χ2n) is 9.10. The van der Waals surface area contributed by atoms with Gasteiger partial charge in [-0.05, 0) is 41.8 Å². The van der Waals surface area contributed by atoms with Gasteiger partial charge in [0.2, 0.25) is 0 Å². The summed E-state index contributed by atoms with van der Waals surface area (Å²) in [6, 6.07) is 21.7. The van der Waals surface area contributed by atoms with Crippen molar-refractivity contribution >= 4 is 56.5 Å². The lowest BCUT2D eigenvalue weighted by Gasteiger charge is -2.16. The topological polar surface area (TPSA) is 136 Å². The molecule has 1 aliphatic rings. The number of esters is 2. The van der Waals surface area contributed by atoms with Gasteiger partial charge in [-0.1, -0.05) is 36.4 Å². The molecule has 0 unspecified atom stereocenters. The molecule has 0 bridgehead atoms. The van der Waals surface area contributed by atoms with Gasteiger partial charge in [0.25, 0.3) is 5.91 Å². The summed E-state index contributed by atoms with van der Waals surface area (Å²) in [7, 11) is 2.98. The van der Waals surface area contributed by atoms with Crippen LogP contribution in [0, 0.1) is 0 Å². The Morgan fingerprint density at radius 2 is 1.59 bits per heavy atom. The third kappa shape index (κ3) is 4.37. The molecule has 0 aromatic heterocycles. The van der Waals surface area contributed by atoms with E-state index in [0.717, 1.165) is 0 Å². The molecular formula is C31H21N3O7. The van der Waals surface area contributed by atoms with Crippen LogP contribution in [0.4, 0.5) is 17.1 Å². The molecule has 10 nitrogen and oxygen atoms in total. The van der Waals surface area contributed by atoms with Crippen molar-refractivity contribution in [3.63, 3.8) is 0 Å². The minimum Gasteiger partial charge on any atom is -0.505 e. The fourth-order valence-corrected chi connectivity index (χ4v) is 4.81. The molecule has 1 aliphatic heterocycles. The first-order valence-electron chi connectivity index (χ1n) is 12.4. The maximum Gasteiger partial charge on any atom is 0.346 e. The molecule has 0 aliphatic carbocycles. The van der Waals surface area contributed by atoms with Crippen molar-refractivity contribution in [1.82, 2.24) is 0 Å². The second-order valence-corrected chi connectivity index (χ2v) is 9.10. The number of fused-ring (bicyclic) bond motifs is 1. The van der Waals surface area contributed by atoms with Crippen LogP contribution in [0.1, 0.15) is 31.1 Å². The Hall–Kier alpha value is -5.77. The van der Waals surface area contributed by atoms with Gasteiger partial charge in [0, 0.05) is 22.2 Å². The number of azo groups is 1. The number of nitrogens with zero attached hydrogens (tertiary/aromatic N) is 2. The van der Waals surface area contributed by atoms with Gasteiger partial charge in [0.05, 0.1) is 42.3 Å². The molecule has 10 heteroatoms. The third-order valence-corrected chi connectivity index (χ3v) is 6.80. The number of rotatable bonds is 6. The summed E-state index contributed by atoms with van der Waals surface area (Å²) in [5.41, 5.74) is 1.23. The van der Waals surface area contributed by atoms with E-state index in [1.807, 2.05) is 0 Å². The predicted octanol–water partition coefficient (Wildman–Crippen LogP) is 6.69. The molecule has 0 saturated carbocycles. The van der Waals surface area contributed by atoms with Gasteiger partial charge in [-0.15, -0.1) is 10.2 Å². The number of carbonyl (C=O) groups is 3. The fourth-order valence-electron chi connectivity index (χ4n) is 4.81. The lowest BCUT2D eigenvalue weighted by Crippen LogP contribution is -2.19. The van der Waals surface area contributed by atoms with E-state index in [2.05, 4.69) is 15.5 Å². The molecule has 1 heterocycles. The maximum atomic E-state index is 13.4. The monoisotopic (exact) mass is 547 g/mol. The van der Waals surface area contributed by atoms with Gasteiger partial charge in [-0.25, -0.2) is 9.59 Å². The van der Waals surface area contributed by atoms with Gasteiger partial charge >= 0.3 is 11.9 Å². The average Bonchev–Trinajstić information content (AvgIpc) is 2.99. The number of cyclic esters (lactones) is 2. The highest BCUT2D eigenvalue weighted by Crippen LogP contribution is 2.41. The largest absolute Gasteiger partial charge is 0.505 e. The molecule has 6 rings (SSSR count). The highest BCUT2D eigenvalue weighted by atomic mass is 16.6. The van der Waals surface area contributed by atoms with Crippen molar-refractivity contribution in [2.75, 3.05) is 19.5 Å². The molecular weight excluding hydrogens is 526 g/mol. The first-order valence-corrected chi connectivity index (χ1v) is 12.4. The predicted molar refractivity (Wildman–Crippen MR) is 151 cm³/mol. The molecule has 5 aromatic carbocycles. The summed E-state index contributed by atoms with van der Waals surface area (Å²) >= 11 is 0. The van der Waals surface area contributed by atoms with Crippen LogP contribution in [0.3, 0.4) is 0 Å². The Kier molecular flexibility index (Phi) is 6.27. The number of aromatic hydroxyl groups is 1. The maximum absolute atomic E-state index is 13.4. The highest BCUT2D eigenvalue weighted by molar-refractivity contribution is 6.22. The summed E-state index contributed by atoms with van der Waals surface area (Å²) < 4.78 is 15.4. The minimum atomic E-state index is -0.739. The molecule has 0 fully saturated rings. The summed E-state index contributed by atoms with van der Waals surface area (Å²) in [4.78, 5) is 38.0. The van der Waals surface area contributed by atoms with Crippen LogP contribution in [0.2, 0.25) is 0 Å². The van der Waals surface area contributed by atoms with Crippen LogP contribution in [0.5, 0.6) is 17.2 Å². The van der Waals surface area contributed by atoms with E-state index >= 15 is 0 Å². The highest BCUT2D eigenvalue weighted by Gasteiger charge is 2.28. The first-order chi connectivity index (χ1) is 19.9. The quantitative estimate of drug-likeness (QED) is 0.137. The smallest absolute Gasteiger partial charge is 0.346 e. The molecule has 2 N–H and O–H groups in total. The van der Waals surface area contributed by atoms with Crippen LogP contribution in [-0.4, -0.2) is 37.2 Å². The zero-order valence-corrected chi connectivity index (χ0v) is 21.8. The Labute approximate surface area is 232 Å². The SMILES string of the molecule is COc1ccc(OC)c(NC(=O)c2cc3ccccc3c(N=Nc3ccc4c5c(cccc35)C(=O)OC4=O)c2O)c1. The van der Waals surface area contributed by atoms with E-state index in [1.54, 1.807) is 72.8 Å². The first kappa shape index (κ1) is 25.5. The molecule has 41 heavy (non-hydrogen) atoms. The summed E-state index contributed by atoms with van der Waals surface area (Å²) in [5, 5.41) is 24.9. The molecule has 0 atom stereocenters. The number of nitrogens with one attached hydrogen (secondary N) is 1. The second kappa shape index (κ2) is 10.1. The lowest BCUT2D eigenvalue weighted by molar-refractivity contribution is 0.0391. The van der Waals surface area contributed by atoms with E-state index in [0.29, 0.717) is 44.4 Å². The molecule has 1 amide bonds. The van der Waals surface area contributed by atoms with Crippen LogP contribution in [0.25, 0.3) is 21.5 Å². The van der Waals surface area contributed by atoms with Crippen molar-refractivity contribution in [2.45, 2.75) is 0 Å². The number of hydrogen-bond acceptors (Lipinski definition) is 9. The van der Waals surface area contributed by atoms with Crippen molar-refractivity contribution in [1.29, 1.82) is 0 Å². The Bertz CT molecular complexity index is 1930. The summed E-state index contributed by atoms with van der Waals surface area (Å²) in [5.74, 6) is -1.54. The standard InChI is InChI=1S/C31H21N3O7/c1-39-17-10-13-25(40-2)24(15-17)32-29(36)22-14-16-6-3-4-7-18(16)27(28(22)35)34-33-23-12-11-21-26-19(23)8-5-9-20(26)30(37)41-31(21)38/h3-15,35H,1-2H3,(H,32,36). The van der Waals surface area contributed by atoms with Crippen LogP contribution in [0.15, 0.2) is 89.1 Å². The zero-order valence-electron chi connectivity index (χ0n) is 21.8. The fraction of sp³-hybridized carbons (Fsp3) is 0.0645. The van der Waals surface area contributed by atoms with E-state index in [4.69, 9.17) is 14.2 Å². The van der Waals surface area contributed by atoms with Crippen molar-refractivity contribution in [3.05, 3.63) is 95.6 Å². The number of anilines is 1. The number of benzene rings is 5. The Morgan fingerprint density at radius 3 is 2.37 bits per heavy atom. The van der Waals surface area contributed by atoms with Gasteiger partial charge in [-0.3, -0.25) is 4.79 Å². The van der Waals surface area contributed by atoms with Gasteiger partial charge < -0.3 is 24.6 Å². The number of methoxy groups -OCH3 is 2. The molecule has 202 valence electrons. The third-order valence-electron chi connectivity index (χ3n) is 6.80. The summed E-state index contributed by atoms with van der Waals surface area (Å²) in [6.45, 7) is 0. The molecule has 5 aromatic rings. The van der Waals surface area contributed by atoms with Crippen LogP contribution >= 0.6 is 0 Å². The normalized spacial score (nSPS) is 12.5. The minimum absolute atomic E-state index is 0.0345. The van der Waals surface area contributed by atoms with E-state index in [1.165, 1.54) is 20.3 Å². The van der Waals surface area contributed by atoms with E-state index in [-0.39, 0.29) is 28.1 Å².